The lowest BCUT2D eigenvalue weighted by Gasteiger charge is -2.06. The summed E-state index contributed by atoms with van der Waals surface area (Å²) in [7, 11) is 0. The molecule has 0 amide bonds. The van der Waals surface area contributed by atoms with Crippen LogP contribution in [0.2, 0.25) is 0 Å². The van der Waals surface area contributed by atoms with E-state index >= 15 is 0 Å². The number of ketones is 1. The van der Waals surface area contributed by atoms with E-state index in [2.05, 4.69) is 61.6 Å². The standard InChI is InChI=1S/C26H34O4/c1-2-3-4-5-6-7-8-9-10-11-12-13-14-15-16-17-18-19-23(28)26-24(29)20-22(27)21-25(26)30/h3-4,6-7,9-10,12-13,15-16,20-21,27,29-30H,2,5,8,11,14,17-19H2,1H3/b4-3-,7-6-,10-9-,13-12-,16-15-. The van der Waals surface area contributed by atoms with E-state index in [1.54, 1.807) is 0 Å². The SMILES string of the molecule is CC/C=C\C/C=C\C/C=C\C/C=C\C/C=C\CCCC(=O)c1c(O)cc(O)cc1O. The van der Waals surface area contributed by atoms with Gasteiger partial charge in [0.05, 0.1) is 0 Å². The molecule has 1 aromatic rings. The van der Waals surface area contributed by atoms with E-state index in [1.807, 2.05) is 6.08 Å². The van der Waals surface area contributed by atoms with Crippen LogP contribution in [-0.2, 0) is 0 Å². The molecule has 0 saturated heterocycles. The van der Waals surface area contributed by atoms with E-state index in [0.29, 0.717) is 6.42 Å². The smallest absolute Gasteiger partial charge is 0.170 e. The number of phenols is 3. The third kappa shape index (κ3) is 11.1. The summed E-state index contributed by atoms with van der Waals surface area (Å²) >= 11 is 0. The Hall–Kier alpha value is -3.01. The number of hydrogen-bond acceptors (Lipinski definition) is 4. The summed E-state index contributed by atoms with van der Waals surface area (Å²) in [6.45, 7) is 2.13. The Morgan fingerprint density at radius 2 is 1.17 bits per heavy atom. The fourth-order valence-electron chi connectivity index (χ4n) is 2.76. The molecule has 3 N–H and O–H groups in total. The molecule has 4 nitrogen and oxygen atoms in total. The molecule has 0 radical (unpaired) electrons. The van der Waals surface area contributed by atoms with Gasteiger partial charge in [-0.25, -0.2) is 0 Å². The van der Waals surface area contributed by atoms with Crippen molar-refractivity contribution in [3.05, 3.63) is 78.5 Å². The van der Waals surface area contributed by atoms with Crippen LogP contribution in [0.5, 0.6) is 17.2 Å². The number of Topliss-reactive ketones (excluding diaryl/α,β-unsaturated/α-hetero) is 1. The maximum Gasteiger partial charge on any atom is 0.170 e. The van der Waals surface area contributed by atoms with Gasteiger partial charge < -0.3 is 15.3 Å². The Morgan fingerprint density at radius 3 is 1.63 bits per heavy atom. The van der Waals surface area contributed by atoms with Crippen molar-refractivity contribution in [2.24, 2.45) is 0 Å². The first-order valence-electron chi connectivity index (χ1n) is 10.6. The zero-order valence-electron chi connectivity index (χ0n) is 17.8. The summed E-state index contributed by atoms with van der Waals surface area (Å²) in [5.41, 5.74) is -0.128. The van der Waals surface area contributed by atoms with Crippen molar-refractivity contribution in [2.75, 3.05) is 0 Å². The van der Waals surface area contributed by atoms with E-state index in [-0.39, 0.29) is 23.5 Å². The van der Waals surface area contributed by atoms with Crippen LogP contribution in [0.25, 0.3) is 0 Å². The van der Waals surface area contributed by atoms with Crippen molar-refractivity contribution in [3.8, 4) is 17.2 Å². The number of hydrogen-bond donors (Lipinski definition) is 3. The fourth-order valence-corrected chi connectivity index (χ4v) is 2.76. The molecule has 0 aliphatic rings. The van der Waals surface area contributed by atoms with E-state index in [1.165, 1.54) is 0 Å². The molecular formula is C26H34O4. The minimum atomic E-state index is -0.396. The minimum Gasteiger partial charge on any atom is -0.508 e. The molecule has 0 aliphatic carbocycles. The zero-order chi connectivity index (χ0) is 22.0. The Bertz CT molecular complexity index is 759. The third-order valence-electron chi connectivity index (χ3n) is 4.29. The van der Waals surface area contributed by atoms with Crippen LogP contribution < -0.4 is 0 Å². The van der Waals surface area contributed by atoms with Gasteiger partial charge in [0.25, 0.3) is 0 Å². The van der Waals surface area contributed by atoms with Gasteiger partial charge in [0, 0.05) is 18.6 Å². The highest BCUT2D eigenvalue weighted by Crippen LogP contribution is 2.33. The van der Waals surface area contributed by atoms with Crippen LogP contribution in [-0.4, -0.2) is 21.1 Å². The minimum absolute atomic E-state index is 0.128. The van der Waals surface area contributed by atoms with Gasteiger partial charge in [-0.05, 0) is 44.9 Å². The van der Waals surface area contributed by atoms with Crippen LogP contribution in [0.1, 0.15) is 68.6 Å². The predicted molar refractivity (Wildman–Crippen MR) is 124 cm³/mol. The number of rotatable bonds is 14. The molecule has 0 fully saturated rings. The van der Waals surface area contributed by atoms with E-state index in [9.17, 15) is 20.1 Å². The second kappa shape index (κ2) is 15.9. The average molecular weight is 411 g/mol. The van der Waals surface area contributed by atoms with Gasteiger partial charge in [-0.3, -0.25) is 4.79 Å². The van der Waals surface area contributed by atoms with Gasteiger partial charge in [0.15, 0.2) is 5.78 Å². The van der Waals surface area contributed by atoms with Crippen molar-refractivity contribution in [1.29, 1.82) is 0 Å². The van der Waals surface area contributed by atoms with Crippen molar-refractivity contribution in [1.82, 2.24) is 0 Å². The van der Waals surface area contributed by atoms with Crippen LogP contribution in [0.4, 0.5) is 0 Å². The second-order valence-electron chi connectivity index (χ2n) is 6.88. The third-order valence-corrected chi connectivity index (χ3v) is 4.29. The van der Waals surface area contributed by atoms with E-state index in [4.69, 9.17) is 0 Å². The normalized spacial score (nSPS) is 12.4. The highest BCUT2D eigenvalue weighted by atomic mass is 16.3. The van der Waals surface area contributed by atoms with Crippen molar-refractivity contribution < 1.29 is 20.1 Å². The Labute approximate surface area is 180 Å². The van der Waals surface area contributed by atoms with Crippen molar-refractivity contribution >= 4 is 5.78 Å². The first kappa shape index (κ1) is 25.0. The molecule has 0 aliphatic heterocycles. The van der Waals surface area contributed by atoms with Gasteiger partial charge in [-0.1, -0.05) is 67.7 Å². The van der Waals surface area contributed by atoms with Gasteiger partial charge >= 0.3 is 0 Å². The summed E-state index contributed by atoms with van der Waals surface area (Å²) in [6.07, 6.45) is 27.8. The predicted octanol–water partition coefficient (Wildman–Crippen LogP) is 6.91. The highest BCUT2D eigenvalue weighted by molar-refractivity contribution is 6.01. The molecule has 0 unspecified atom stereocenters. The number of allylic oxidation sites excluding steroid dienone is 10. The van der Waals surface area contributed by atoms with Gasteiger partial charge in [0.1, 0.15) is 22.8 Å². The maximum absolute atomic E-state index is 12.1. The lowest BCUT2D eigenvalue weighted by Crippen LogP contribution is -1.99. The number of unbranched alkanes of at least 4 members (excludes halogenated alkanes) is 1. The first-order valence-corrected chi connectivity index (χ1v) is 10.6. The summed E-state index contributed by atoms with van der Waals surface area (Å²) in [6, 6.07) is 2.11. The summed E-state index contributed by atoms with van der Waals surface area (Å²) < 4.78 is 0. The molecule has 0 spiro atoms. The number of carbonyl (C=O) groups is 1. The van der Waals surface area contributed by atoms with Crippen LogP contribution in [0, 0.1) is 0 Å². The maximum atomic E-state index is 12.1. The molecule has 0 heterocycles. The summed E-state index contributed by atoms with van der Waals surface area (Å²) in [5.74, 6) is -1.41. The number of aromatic hydroxyl groups is 3. The Kier molecular flexibility index (Phi) is 13.2. The fraction of sp³-hybridized carbons (Fsp3) is 0.346. The lowest BCUT2D eigenvalue weighted by molar-refractivity contribution is 0.0975. The molecule has 0 aromatic heterocycles. The van der Waals surface area contributed by atoms with Gasteiger partial charge in [-0.2, -0.15) is 0 Å². The molecule has 0 saturated carbocycles. The van der Waals surface area contributed by atoms with Crippen LogP contribution in [0.15, 0.2) is 72.9 Å². The number of carbonyl (C=O) groups excluding carboxylic acids is 1. The molecule has 1 rings (SSSR count). The molecule has 0 atom stereocenters. The molecule has 1 aromatic carbocycles. The quantitative estimate of drug-likeness (QED) is 0.177. The average Bonchev–Trinajstić information content (AvgIpc) is 2.69. The summed E-state index contributed by atoms with van der Waals surface area (Å²) in [5, 5.41) is 28.7. The molecule has 162 valence electrons. The monoisotopic (exact) mass is 410 g/mol. The largest absolute Gasteiger partial charge is 0.508 e. The molecule has 4 heteroatoms. The molecule has 0 bridgehead atoms. The van der Waals surface area contributed by atoms with E-state index in [0.717, 1.165) is 50.7 Å². The number of benzene rings is 1. The van der Waals surface area contributed by atoms with Crippen molar-refractivity contribution in [2.45, 2.75) is 58.3 Å². The lowest BCUT2D eigenvalue weighted by atomic mass is 10.0. The van der Waals surface area contributed by atoms with Gasteiger partial charge in [0.2, 0.25) is 0 Å². The Balaban J connectivity index is 2.14. The second-order valence-corrected chi connectivity index (χ2v) is 6.88. The van der Waals surface area contributed by atoms with Crippen LogP contribution >= 0.6 is 0 Å². The van der Waals surface area contributed by atoms with Crippen molar-refractivity contribution in [3.63, 3.8) is 0 Å². The molecular weight excluding hydrogens is 376 g/mol. The van der Waals surface area contributed by atoms with Gasteiger partial charge in [-0.15, -0.1) is 0 Å². The van der Waals surface area contributed by atoms with Crippen LogP contribution in [0.3, 0.4) is 0 Å². The topological polar surface area (TPSA) is 77.8 Å². The highest BCUT2D eigenvalue weighted by Gasteiger charge is 2.16. The number of phenolic OH excluding ortho intramolecular Hbond substituents is 3. The molecule has 30 heavy (non-hydrogen) atoms. The zero-order valence-corrected chi connectivity index (χ0v) is 17.8. The first-order chi connectivity index (χ1) is 14.6. The Morgan fingerprint density at radius 1 is 0.733 bits per heavy atom. The van der Waals surface area contributed by atoms with E-state index < -0.39 is 11.5 Å². The summed E-state index contributed by atoms with van der Waals surface area (Å²) in [4.78, 5) is 12.1.